The van der Waals surface area contributed by atoms with Gasteiger partial charge >= 0.3 is 0 Å². The zero-order valence-corrected chi connectivity index (χ0v) is 11.2. The third-order valence-corrected chi connectivity index (χ3v) is 3.67. The second-order valence-corrected chi connectivity index (χ2v) is 4.93. The highest BCUT2D eigenvalue weighted by atomic mass is 15.1. The Morgan fingerprint density at radius 1 is 1.00 bits per heavy atom. The minimum atomic E-state index is 0.686. The SMILES string of the molecule is [N-]=[N+]=Nc1ccccc1/C=C1\CCCc2ccccc21. The van der Waals surface area contributed by atoms with Crippen LogP contribution in [0.1, 0.15) is 29.5 Å². The molecule has 0 fully saturated rings. The molecule has 0 aliphatic heterocycles. The van der Waals surface area contributed by atoms with Crippen LogP contribution < -0.4 is 0 Å². The van der Waals surface area contributed by atoms with E-state index in [9.17, 15) is 0 Å². The van der Waals surface area contributed by atoms with Crippen LogP contribution in [0.5, 0.6) is 0 Å². The molecule has 0 amide bonds. The number of hydrogen-bond acceptors (Lipinski definition) is 1. The number of hydrogen-bond donors (Lipinski definition) is 0. The van der Waals surface area contributed by atoms with Crippen LogP contribution in [0.2, 0.25) is 0 Å². The van der Waals surface area contributed by atoms with Gasteiger partial charge in [0.05, 0.1) is 0 Å². The maximum Gasteiger partial charge on any atom is 0.0447 e. The molecule has 3 nitrogen and oxygen atoms in total. The van der Waals surface area contributed by atoms with Crippen molar-refractivity contribution < 1.29 is 0 Å². The van der Waals surface area contributed by atoms with E-state index < -0.39 is 0 Å². The molecule has 0 aromatic heterocycles. The topological polar surface area (TPSA) is 48.8 Å². The Labute approximate surface area is 118 Å². The summed E-state index contributed by atoms with van der Waals surface area (Å²) in [6, 6.07) is 16.2. The van der Waals surface area contributed by atoms with Crippen LogP contribution in [-0.4, -0.2) is 0 Å². The van der Waals surface area contributed by atoms with Gasteiger partial charge in [-0.05, 0) is 47.1 Å². The van der Waals surface area contributed by atoms with Crippen molar-refractivity contribution in [1.29, 1.82) is 0 Å². The molecule has 98 valence electrons. The van der Waals surface area contributed by atoms with Gasteiger partial charge in [0.2, 0.25) is 0 Å². The first-order valence-electron chi connectivity index (χ1n) is 6.81. The maximum absolute atomic E-state index is 8.65. The van der Waals surface area contributed by atoms with E-state index in [-0.39, 0.29) is 0 Å². The second-order valence-electron chi connectivity index (χ2n) is 4.93. The van der Waals surface area contributed by atoms with Gasteiger partial charge in [-0.15, -0.1) is 0 Å². The highest BCUT2D eigenvalue weighted by Crippen LogP contribution is 2.33. The molecule has 0 unspecified atom stereocenters. The van der Waals surface area contributed by atoms with Crippen molar-refractivity contribution in [2.24, 2.45) is 5.11 Å². The van der Waals surface area contributed by atoms with Crippen LogP contribution in [0, 0.1) is 0 Å². The standard InChI is InChI=1S/C17H15N3/c18-20-19-17-11-4-2-7-15(17)12-14-9-5-8-13-6-1-3-10-16(13)14/h1-4,6-7,10-12H,5,8-9H2/b14-12+. The Kier molecular flexibility index (Phi) is 3.53. The molecule has 0 spiro atoms. The predicted octanol–water partition coefficient (Wildman–Crippen LogP) is 5.51. The highest BCUT2D eigenvalue weighted by molar-refractivity contribution is 5.86. The van der Waals surface area contributed by atoms with Gasteiger partial charge in [0, 0.05) is 10.6 Å². The van der Waals surface area contributed by atoms with E-state index in [0.29, 0.717) is 5.69 Å². The summed E-state index contributed by atoms with van der Waals surface area (Å²) in [6.07, 6.45) is 5.54. The van der Waals surface area contributed by atoms with E-state index in [2.05, 4.69) is 40.4 Å². The molecule has 0 radical (unpaired) electrons. The highest BCUT2D eigenvalue weighted by Gasteiger charge is 2.13. The number of azide groups is 1. The monoisotopic (exact) mass is 261 g/mol. The molecule has 1 aliphatic carbocycles. The van der Waals surface area contributed by atoms with E-state index in [1.807, 2.05) is 24.3 Å². The van der Waals surface area contributed by atoms with Gasteiger partial charge in [-0.25, -0.2) is 0 Å². The van der Waals surface area contributed by atoms with Crippen molar-refractivity contribution in [3.8, 4) is 0 Å². The zero-order chi connectivity index (χ0) is 13.8. The molecule has 2 aromatic carbocycles. The molecule has 0 atom stereocenters. The van der Waals surface area contributed by atoms with Crippen molar-refractivity contribution in [3.05, 3.63) is 75.7 Å². The third-order valence-electron chi connectivity index (χ3n) is 3.67. The molecule has 20 heavy (non-hydrogen) atoms. The summed E-state index contributed by atoms with van der Waals surface area (Å²) >= 11 is 0. The lowest BCUT2D eigenvalue weighted by Gasteiger charge is -2.19. The quantitative estimate of drug-likeness (QED) is 0.389. The smallest absolute Gasteiger partial charge is 0.0447 e. The number of rotatable bonds is 2. The molecule has 1 aliphatic rings. The minimum Gasteiger partial charge on any atom is -0.0620 e. The Bertz CT molecular complexity index is 710. The molecule has 3 rings (SSSR count). The predicted molar refractivity (Wildman–Crippen MR) is 82.5 cm³/mol. The molecule has 2 aromatic rings. The Hall–Kier alpha value is -2.51. The summed E-state index contributed by atoms with van der Waals surface area (Å²) in [5.74, 6) is 0. The second kappa shape index (κ2) is 5.64. The maximum atomic E-state index is 8.65. The number of aryl methyl sites for hydroxylation is 1. The lowest BCUT2D eigenvalue weighted by molar-refractivity contribution is 0.824. The summed E-state index contributed by atoms with van der Waals surface area (Å²) in [5, 5.41) is 3.76. The molecule has 3 heteroatoms. The van der Waals surface area contributed by atoms with Crippen LogP contribution in [0.15, 0.2) is 53.6 Å². The molecule has 0 saturated heterocycles. The van der Waals surface area contributed by atoms with Gasteiger partial charge < -0.3 is 0 Å². The van der Waals surface area contributed by atoms with Gasteiger partial charge in [-0.2, -0.15) is 0 Å². The van der Waals surface area contributed by atoms with Gasteiger partial charge in [0.25, 0.3) is 0 Å². The fourth-order valence-electron chi connectivity index (χ4n) is 2.74. The Morgan fingerprint density at radius 3 is 2.70 bits per heavy atom. The summed E-state index contributed by atoms with van der Waals surface area (Å²) in [4.78, 5) is 2.90. The average Bonchev–Trinajstić information content (AvgIpc) is 2.50. The number of benzene rings is 2. The lowest BCUT2D eigenvalue weighted by atomic mass is 9.86. The van der Waals surface area contributed by atoms with Gasteiger partial charge in [-0.1, -0.05) is 59.7 Å². The molecule has 0 N–H and O–H groups in total. The fraction of sp³-hybridized carbons (Fsp3) is 0.176. The first kappa shape index (κ1) is 12.5. The third kappa shape index (κ3) is 2.44. The first-order valence-corrected chi connectivity index (χ1v) is 6.81. The van der Waals surface area contributed by atoms with Crippen molar-refractivity contribution in [2.75, 3.05) is 0 Å². The van der Waals surface area contributed by atoms with Crippen molar-refractivity contribution in [1.82, 2.24) is 0 Å². The first-order chi connectivity index (χ1) is 9.88. The zero-order valence-electron chi connectivity index (χ0n) is 11.2. The minimum absolute atomic E-state index is 0.686. The van der Waals surface area contributed by atoms with Crippen LogP contribution in [0.25, 0.3) is 22.1 Å². The number of nitrogens with zero attached hydrogens (tertiary/aromatic N) is 3. The fourth-order valence-corrected chi connectivity index (χ4v) is 2.74. The van der Waals surface area contributed by atoms with Crippen molar-refractivity contribution >= 4 is 17.3 Å². The van der Waals surface area contributed by atoms with E-state index in [1.165, 1.54) is 23.1 Å². The summed E-state index contributed by atoms with van der Waals surface area (Å²) < 4.78 is 0. The van der Waals surface area contributed by atoms with Crippen LogP contribution in [0.4, 0.5) is 5.69 Å². The van der Waals surface area contributed by atoms with Crippen molar-refractivity contribution in [2.45, 2.75) is 19.3 Å². The van der Waals surface area contributed by atoms with Crippen LogP contribution in [0.3, 0.4) is 0 Å². The van der Waals surface area contributed by atoms with E-state index in [0.717, 1.165) is 18.4 Å². The average molecular weight is 261 g/mol. The van der Waals surface area contributed by atoms with Gasteiger partial charge in [0.1, 0.15) is 0 Å². The summed E-state index contributed by atoms with van der Waals surface area (Å²) in [5.41, 5.74) is 14.4. The van der Waals surface area contributed by atoms with E-state index >= 15 is 0 Å². The number of allylic oxidation sites excluding steroid dienone is 1. The molecule has 0 heterocycles. The van der Waals surface area contributed by atoms with Crippen molar-refractivity contribution in [3.63, 3.8) is 0 Å². The Morgan fingerprint density at radius 2 is 1.80 bits per heavy atom. The number of fused-ring (bicyclic) bond motifs is 1. The summed E-state index contributed by atoms with van der Waals surface area (Å²) in [6.45, 7) is 0. The molecular formula is C17H15N3. The van der Waals surface area contributed by atoms with Crippen LogP contribution in [-0.2, 0) is 6.42 Å². The van der Waals surface area contributed by atoms with E-state index in [4.69, 9.17) is 5.53 Å². The van der Waals surface area contributed by atoms with Gasteiger partial charge in [-0.3, -0.25) is 0 Å². The normalized spacial score (nSPS) is 15.5. The largest absolute Gasteiger partial charge is 0.0620 e. The summed E-state index contributed by atoms with van der Waals surface area (Å²) in [7, 11) is 0. The molecular weight excluding hydrogens is 246 g/mol. The van der Waals surface area contributed by atoms with Crippen LogP contribution >= 0.6 is 0 Å². The van der Waals surface area contributed by atoms with E-state index in [1.54, 1.807) is 0 Å². The molecule has 0 saturated carbocycles. The molecule has 0 bridgehead atoms. The Balaban J connectivity index is 2.08. The van der Waals surface area contributed by atoms with Gasteiger partial charge in [0.15, 0.2) is 0 Å². The lowest BCUT2D eigenvalue weighted by Crippen LogP contribution is -2.01.